The first-order valence-electron chi connectivity index (χ1n) is 9.35. The van der Waals surface area contributed by atoms with Gasteiger partial charge in [-0.3, -0.25) is 0 Å². The van der Waals surface area contributed by atoms with Gasteiger partial charge in [-0.25, -0.2) is 4.98 Å². The Labute approximate surface area is 154 Å². The van der Waals surface area contributed by atoms with Crippen molar-refractivity contribution in [1.29, 1.82) is 5.26 Å². The van der Waals surface area contributed by atoms with Crippen LogP contribution in [0.4, 0.5) is 0 Å². The van der Waals surface area contributed by atoms with Gasteiger partial charge in [-0.2, -0.15) is 5.26 Å². The maximum Gasteiger partial charge on any atom is 0.213 e. The van der Waals surface area contributed by atoms with E-state index in [0.29, 0.717) is 11.8 Å². The van der Waals surface area contributed by atoms with E-state index in [2.05, 4.69) is 46.3 Å². The lowest BCUT2D eigenvalue weighted by molar-refractivity contribution is 0.174. The Morgan fingerprint density at radius 2 is 1.81 bits per heavy atom. The summed E-state index contributed by atoms with van der Waals surface area (Å²) in [5.41, 5.74) is 2.99. The molecule has 0 N–H and O–H groups in total. The largest absolute Gasteiger partial charge is 0.439 e. The van der Waals surface area contributed by atoms with Crippen LogP contribution in [0.3, 0.4) is 0 Å². The molecule has 26 heavy (non-hydrogen) atoms. The van der Waals surface area contributed by atoms with E-state index in [0.717, 1.165) is 50.0 Å². The fraction of sp³-hybridized carbons (Fsp3) is 0.364. The highest BCUT2D eigenvalue weighted by molar-refractivity contribution is 5.72. The topological polar surface area (TPSA) is 53.1 Å². The van der Waals surface area contributed by atoms with Gasteiger partial charge >= 0.3 is 0 Å². The second-order valence-corrected chi connectivity index (χ2v) is 7.04. The average molecular weight is 345 g/mol. The van der Waals surface area contributed by atoms with Gasteiger partial charge in [0.25, 0.3) is 0 Å². The molecule has 1 atom stereocenters. The Bertz CT molecular complexity index is 855. The summed E-state index contributed by atoms with van der Waals surface area (Å²) in [4.78, 5) is 7.06. The molecule has 1 unspecified atom stereocenters. The van der Waals surface area contributed by atoms with Gasteiger partial charge in [-0.1, -0.05) is 42.5 Å². The van der Waals surface area contributed by atoms with E-state index in [1.165, 1.54) is 5.56 Å². The summed E-state index contributed by atoms with van der Waals surface area (Å²) in [6.07, 6.45) is 3.12. The number of nitrogens with zero attached hydrogens (tertiary/aromatic N) is 3. The predicted molar refractivity (Wildman–Crippen MR) is 102 cm³/mol. The lowest BCUT2D eigenvalue weighted by Crippen LogP contribution is -2.36. The zero-order valence-electron chi connectivity index (χ0n) is 14.8. The number of benzene rings is 2. The first-order chi connectivity index (χ1) is 12.8. The van der Waals surface area contributed by atoms with Gasteiger partial charge in [-0.05, 0) is 56.0 Å². The van der Waals surface area contributed by atoms with Gasteiger partial charge in [0.2, 0.25) is 5.89 Å². The van der Waals surface area contributed by atoms with Crippen molar-refractivity contribution in [3.8, 4) is 6.07 Å². The number of piperidine rings is 1. The fourth-order valence-electron chi connectivity index (χ4n) is 3.83. The van der Waals surface area contributed by atoms with Gasteiger partial charge < -0.3 is 9.32 Å². The molecule has 1 saturated heterocycles. The molecule has 0 radical (unpaired) electrons. The number of nitriles is 1. The third-order valence-corrected chi connectivity index (χ3v) is 5.38. The highest BCUT2D eigenvalue weighted by Gasteiger charge is 2.31. The summed E-state index contributed by atoms with van der Waals surface area (Å²) in [6.45, 7) is 3.16. The molecule has 3 aromatic rings. The van der Waals surface area contributed by atoms with Crippen molar-refractivity contribution in [2.24, 2.45) is 5.92 Å². The third kappa shape index (κ3) is 3.63. The molecule has 0 spiro atoms. The smallest absolute Gasteiger partial charge is 0.213 e. The third-order valence-electron chi connectivity index (χ3n) is 5.38. The van der Waals surface area contributed by atoms with Gasteiger partial charge in [0.1, 0.15) is 11.4 Å². The monoisotopic (exact) mass is 345 g/mol. The molecule has 4 nitrogen and oxygen atoms in total. The predicted octanol–water partition coefficient (Wildman–Crippen LogP) is 4.39. The summed E-state index contributed by atoms with van der Waals surface area (Å²) in [7, 11) is 0. The molecule has 0 bridgehead atoms. The molecule has 4 rings (SSSR count). The van der Waals surface area contributed by atoms with E-state index in [1.54, 1.807) is 0 Å². The summed E-state index contributed by atoms with van der Waals surface area (Å²) in [5.74, 6) is 0.649. The Kier molecular flexibility index (Phi) is 4.99. The fourth-order valence-corrected chi connectivity index (χ4v) is 3.83. The van der Waals surface area contributed by atoms with Crippen LogP contribution >= 0.6 is 0 Å². The van der Waals surface area contributed by atoms with Gasteiger partial charge in [-0.15, -0.1) is 0 Å². The lowest BCUT2D eigenvalue weighted by Gasteiger charge is -2.33. The number of fused-ring (bicyclic) bond motifs is 1. The molecule has 132 valence electrons. The molecule has 4 heteroatoms. The summed E-state index contributed by atoms with van der Waals surface area (Å²) >= 11 is 0. The number of para-hydroxylation sites is 2. The van der Waals surface area contributed by atoms with Crippen molar-refractivity contribution in [3.05, 3.63) is 66.1 Å². The molecule has 0 aliphatic carbocycles. The highest BCUT2D eigenvalue weighted by atomic mass is 16.3. The summed E-state index contributed by atoms with van der Waals surface area (Å²) < 4.78 is 5.86. The lowest BCUT2D eigenvalue weighted by atomic mass is 9.85. The van der Waals surface area contributed by atoms with Crippen LogP contribution in [0.15, 0.2) is 59.0 Å². The molecule has 0 amide bonds. The van der Waals surface area contributed by atoms with Crippen LogP contribution in [-0.2, 0) is 6.42 Å². The molecule has 1 aromatic heterocycles. The van der Waals surface area contributed by atoms with E-state index in [1.807, 2.05) is 24.3 Å². The summed E-state index contributed by atoms with van der Waals surface area (Å²) in [5, 5.41) is 9.71. The average Bonchev–Trinajstić information content (AvgIpc) is 3.12. The van der Waals surface area contributed by atoms with E-state index >= 15 is 0 Å². The highest BCUT2D eigenvalue weighted by Crippen LogP contribution is 2.33. The molecular weight excluding hydrogens is 322 g/mol. The number of aromatic nitrogens is 1. The molecule has 0 saturated carbocycles. The minimum absolute atomic E-state index is 0.251. The molecule has 1 aliphatic rings. The Hall–Kier alpha value is -2.64. The van der Waals surface area contributed by atoms with Crippen molar-refractivity contribution in [2.45, 2.75) is 25.2 Å². The number of rotatable bonds is 5. The molecule has 2 aromatic carbocycles. The normalized spacial score (nSPS) is 17.2. The first-order valence-corrected chi connectivity index (χ1v) is 9.35. The second-order valence-electron chi connectivity index (χ2n) is 7.04. The zero-order chi connectivity index (χ0) is 17.8. The maximum atomic E-state index is 9.71. The maximum absolute atomic E-state index is 9.71. The molecule has 1 fully saturated rings. The van der Waals surface area contributed by atoms with Crippen molar-refractivity contribution >= 4 is 11.1 Å². The molecule has 1 aliphatic heterocycles. The minimum Gasteiger partial charge on any atom is -0.439 e. The van der Waals surface area contributed by atoms with Crippen molar-refractivity contribution < 1.29 is 4.42 Å². The second kappa shape index (κ2) is 7.72. The van der Waals surface area contributed by atoms with E-state index in [-0.39, 0.29) is 5.92 Å². The van der Waals surface area contributed by atoms with E-state index < -0.39 is 0 Å². The quantitative estimate of drug-likeness (QED) is 0.688. The van der Waals surface area contributed by atoms with Crippen LogP contribution in [0.2, 0.25) is 0 Å². The van der Waals surface area contributed by atoms with Gasteiger partial charge in [0.05, 0.1) is 6.07 Å². The molecule has 2 heterocycles. The first kappa shape index (κ1) is 16.8. The van der Waals surface area contributed by atoms with Gasteiger partial charge in [0.15, 0.2) is 5.58 Å². The minimum atomic E-state index is -0.251. The Morgan fingerprint density at radius 3 is 2.54 bits per heavy atom. The standard InChI is InChI=1S/C22H23N3O/c23-16-19(22-24-20-8-4-5-9-21(20)26-22)18-11-14-25(15-12-18)13-10-17-6-2-1-3-7-17/h1-9,18-19H,10-15H2. The van der Waals surface area contributed by atoms with E-state index in [4.69, 9.17) is 4.42 Å². The van der Waals surface area contributed by atoms with E-state index in [9.17, 15) is 5.26 Å². The Morgan fingerprint density at radius 1 is 1.08 bits per heavy atom. The zero-order valence-corrected chi connectivity index (χ0v) is 14.8. The Balaban J connectivity index is 1.36. The van der Waals surface area contributed by atoms with Crippen LogP contribution in [0, 0.1) is 17.2 Å². The molecular formula is C22H23N3O. The number of hydrogen-bond donors (Lipinski definition) is 0. The summed E-state index contributed by atoms with van der Waals surface area (Å²) in [6, 6.07) is 20.8. The van der Waals surface area contributed by atoms with Crippen LogP contribution < -0.4 is 0 Å². The van der Waals surface area contributed by atoms with Crippen molar-refractivity contribution in [2.75, 3.05) is 19.6 Å². The number of hydrogen-bond acceptors (Lipinski definition) is 4. The van der Waals surface area contributed by atoms with Crippen molar-refractivity contribution in [3.63, 3.8) is 0 Å². The van der Waals surface area contributed by atoms with Crippen LogP contribution in [-0.4, -0.2) is 29.5 Å². The van der Waals surface area contributed by atoms with Crippen LogP contribution in [0.5, 0.6) is 0 Å². The van der Waals surface area contributed by atoms with Crippen molar-refractivity contribution in [1.82, 2.24) is 9.88 Å². The van der Waals surface area contributed by atoms with Crippen LogP contribution in [0.25, 0.3) is 11.1 Å². The number of likely N-dealkylation sites (tertiary alicyclic amines) is 1. The number of oxazole rings is 1. The van der Waals surface area contributed by atoms with Gasteiger partial charge in [0, 0.05) is 6.54 Å². The van der Waals surface area contributed by atoms with Crippen LogP contribution in [0.1, 0.15) is 30.2 Å². The SMILES string of the molecule is N#CC(c1nc2ccccc2o1)C1CCN(CCc2ccccc2)CC1.